The summed E-state index contributed by atoms with van der Waals surface area (Å²) < 4.78 is 5.48. The Balaban J connectivity index is 2.42. The molecule has 0 fully saturated rings. The van der Waals surface area contributed by atoms with Crippen LogP contribution in [0.15, 0.2) is 6.07 Å². The summed E-state index contributed by atoms with van der Waals surface area (Å²) in [7, 11) is 0. The van der Waals surface area contributed by atoms with Gasteiger partial charge in [0.05, 0.1) is 6.10 Å². The van der Waals surface area contributed by atoms with Crippen molar-refractivity contribution in [1.29, 1.82) is 0 Å². The van der Waals surface area contributed by atoms with E-state index in [4.69, 9.17) is 16.3 Å². The van der Waals surface area contributed by atoms with Gasteiger partial charge in [0.25, 0.3) is 0 Å². The number of halogens is 1. The third-order valence-electron chi connectivity index (χ3n) is 2.41. The first-order valence-corrected chi connectivity index (χ1v) is 7.24. The van der Waals surface area contributed by atoms with Gasteiger partial charge in [0.2, 0.25) is 0 Å². The molecule has 4 nitrogen and oxygen atoms in total. The number of ether oxygens (including phenoxy) is 1. The molecular weight excluding hydrogens is 262 g/mol. The Morgan fingerprint density at radius 1 is 1.26 bits per heavy atom. The minimum absolute atomic E-state index is 0.283. The fraction of sp³-hybridized carbons (Fsp3) is 0.714. The number of rotatable bonds is 8. The number of nitrogens with one attached hydrogen (secondary N) is 1. The molecule has 0 aliphatic heterocycles. The molecule has 0 atom stereocenters. The molecular formula is C14H24ClN3O. The molecule has 108 valence electrons. The molecule has 1 aromatic rings. The summed E-state index contributed by atoms with van der Waals surface area (Å²) in [5, 5.41) is 3.75. The third-order valence-corrected chi connectivity index (χ3v) is 2.60. The molecule has 1 N–H and O–H groups in total. The summed E-state index contributed by atoms with van der Waals surface area (Å²) in [6, 6.07) is 1.76. The average Bonchev–Trinajstić information content (AvgIpc) is 2.26. The molecule has 1 rings (SSSR count). The van der Waals surface area contributed by atoms with Gasteiger partial charge in [0.1, 0.15) is 16.8 Å². The van der Waals surface area contributed by atoms with E-state index in [0.29, 0.717) is 11.1 Å². The van der Waals surface area contributed by atoms with Crippen LogP contribution in [-0.4, -0.2) is 29.2 Å². The summed E-state index contributed by atoms with van der Waals surface area (Å²) in [4.78, 5) is 8.69. The van der Waals surface area contributed by atoms with E-state index in [2.05, 4.69) is 29.1 Å². The molecule has 1 heterocycles. The Kier molecular flexibility index (Phi) is 7.10. The van der Waals surface area contributed by atoms with E-state index < -0.39 is 0 Å². The lowest BCUT2D eigenvalue weighted by atomic mass is 10.1. The lowest BCUT2D eigenvalue weighted by Gasteiger charge is -2.10. The van der Waals surface area contributed by atoms with Crippen LogP contribution in [-0.2, 0) is 11.2 Å². The second-order valence-electron chi connectivity index (χ2n) is 5.29. The van der Waals surface area contributed by atoms with E-state index in [1.165, 1.54) is 0 Å². The van der Waals surface area contributed by atoms with E-state index in [-0.39, 0.29) is 6.10 Å². The van der Waals surface area contributed by atoms with Crippen molar-refractivity contribution in [3.63, 3.8) is 0 Å². The fourth-order valence-electron chi connectivity index (χ4n) is 1.62. The van der Waals surface area contributed by atoms with E-state index in [0.717, 1.165) is 37.6 Å². The van der Waals surface area contributed by atoms with Gasteiger partial charge in [-0.1, -0.05) is 25.4 Å². The zero-order valence-corrected chi connectivity index (χ0v) is 13.0. The number of aromatic nitrogens is 2. The second-order valence-corrected chi connectivity index (χ2v) is 5.68. The standard InChI is InChI=1S/C14H24ClN3O/c1-10(2)8-14-17-12(15)9-13(18-14)16-6-5-7-19-11(3)4/h9-11H,5-8H2,1-4H3,(H,16,17,18). The molecule has 0 radical (unpaired) electrons. The molecule has 0 spiro atoms. The van der Waals surface area contributed by atoms with Crippen molar-refractivity contribution in [2.24, 2.45) is 5.92 Å². The first-order valence-electron chi connectivity index (χ1n) is 6.86. The second kappa shape index (κ2) is 8.33. The van der Waals surface area contributed by atoms with E-state index >= 15 is 0 Å². The van der Waals surface area contributed by atoms with Gasteiger partial charge in [-0.2, -0.15) is 0 Å². The van der Waals surface area contributed by atoms with Gasteiger partial charge in [-0.3, -0.25) is 0 Å². The van der Waals surface area contributed by atoms with Gasteiger partial charge < -0.3 is 10.1 Å². The predicted octanol–water partition coefficient (Wildman–Crippen LogP) is 3.56. The minimum Gasteiger partial charge on any atom is -0.379 e. The summed E-state index contributed by atoms with van der Waals surface area (Å²) >= 11 is 6.00. The molecule has 5 heteroatoms. The van der Waals surface area contributed by atoms with Gasteiger partial charge in [0.15, 0.2) is 0 Å². The predicted molar refractivity (Wildman–Crippen MR) is 79.8 cm³/mol. The minimum atomic E-state index is 0.283. The van der Waals surface area contributed by atoms with Crippen LogP contribution in [0.2, 0.25) is 5.15 Å². The zero-order chi connectivity index (χ0) is 14.3. The fourth-order valence-corrected chi connectivity index (χ4v) is 1.82. The molecule has 0 saturated heterocycles. The largest absolute Gasteiger partial charge is 0.379 e. The van der Waals surface area contributed by atoms with Crippen LogP contribution in [0, 0.1) is 5.92 Å². The van der Waals surface area contributed by atoms with Crippen molar-refractivity contribution in [3.05, 3.63) is 17.0 Å². The lowest BCUT2D eigenvalue weighted by Crippen LogP contribution is -2.11. The van der Waals surface area contributed by atoms with Gasteiger partial charge in [-0.05, 0) is 26.2 Å². The summed E-state index contributed by atoms with van der Waals surface area (Å²) in [6.45, 7) is 9.93. The molecule has 19 heavy (non-hydrogen) atoms. The topological polar surface area (TPSA) is 47.0 Å². The highest BCUT2D eigenvalue weighted by Gasteiger charge is 2.05. The Bertz CT molecular complexity index is 383. The van der Waals surface area contributed by atoms with Crippen molar-refractivity contribution >= 4 is 17.4 Å². The number of anilines is 1. The highest BCUT2D eigenvalue weighted by molar-refractivity contribution is 6.29. The maximum absolute atomic E-state index is 6.00. The molecule has 0 unspecified atom stereocenters. The van der Waals surface area contributed by atoms with Crippen molar-refractivity contribution in [2.45, 2.75) is 46.6 Å². The Morgan fingerprint density at radius 3 is 2.63 bits per heavy atom. The lowest BCUT2D eigenvalue weighted by molar-refractivity contribution is 0.0787. The molecule has 0 amide bonds. The smallest absolute Gasteiger partial charge is 0.134 e. The van der Waals surface area contributed by atoms with Crippen molar-refractivity contribution in [3.8, 4) is 0 Å². The average molecular weight is 286 g/mol. The van der Waals surface area contributed by atoms with Crippen LogP contribution in [0.25, 0.3) is 0 Å². The molecule has 0 bridgehead atoms. The third kappa shape index (κ3) is 7.33. The molecule has 0 aliphatic carbocycles. The summed E-state index contributed by atoms with van der Waals surface area (Å²) in [5.41, 5.74) is 0. The van der Waals surface area contributed by atoms with Crippen LogP contribution in [0.5, 0.6) is 0 Å². The van der Waals surface area contributed by atoms with E-state index in [1.54, 1.807) is 6.07 Å². The Morgan fingerprint density at radius 2 is 2.00 bits per heavy atom. The quantitative estimate of drug-likeness (QED) is 0.586. The molecule has 0 saturated carbocycles. The summed E-state index contributed by atoms with van der Waals surface area (Å²) in [5.74, 6) is 2.11. The van der Waals surface area contributed by atoms with Gasteiger partial charge >= 0.3 is 0 Å². The van der Waals surface area contributed by atoms with Crippen molar-refractivity contribution < 1.29 is 4.74 Å². The molecule has 0 aliphatic rings. The van der Waals surface area contributed by atoms with Crippen molar-refractivity contribution in [1.82, 2.24) is 9.97 Å². The van der Waals surface area contributed by atoms with E-state index in [9.17, 15) is 0 Å². The normalized spacial score (nSPS) is 11.3. The Hall–Kier alpha value is -0.870. The van der Waals surface area contributed by atoms with E-state index in [1.807, 2.05) is 13.8 Å². The van der Waals surface area contributed by atoms with Crippen LogP contribution in [0.1, 0.15) is 39.9 Å². The number of hydrogen-bond acceptors (Lipinski definition) is 4. The van der Waals surface area contributed by atoms with Crippen molar-refractivity contribution in [2.75, 3.05) is 18.5 Å². The van der Waals surface area contributed by atoms with Gasteiger partial charge in [-0.25, -0.2) is 9.97 Å². The highest BCUT2D eigenvalue weighted by Crippen LogP contribution is 2.13. The van der Waals surface area contributed by atoms with Gasteiger partial charge in [-0.15, -0.1) is 0 Å². The summed E-state index contributed by atoms with van der Waals surface area (Å²) in [6.07, 6.45) is 2.07. The SMILES string of the molecule is CC(C)Cc1nc(Cl)cc(NCCCOC(C)C)n1. The van der Waals surface area contributed by atoms with Crippen LogP contribution < -0.4 is 5.32 Å². The first kappa shape index (κ1) is 16.2. The first-order chi connectivity index (χ1) is 8.97. The van der Waals surface area contributed by atoms with Crippen LogP contribution in [0.3, 0.4) is 0 Å². The maximum atomic E-state index is 6.00. The zero-order valence-electron chi connectivity index (χ0n) is 12.2. The maximum Gasteiger partial charge on any atom is 0.134 e. The number of nitrogens with zero attached hydrogens (tertiary/aromatic N) is 2. The monoisotopic (exact) mass is 285 g/mol. The Labute approximate surface area is 120 Å². The van der Waals surface area contributed by atoms with Gasteiger partial charge in [0, 0.05) is 25.6 Å². The molecule has 1 aromatic heterocycles. The highest BCUT2D eigenvalue weighted by atomic mass is 35.5. The number of hydrogen-bond donors (Lipinski definition) is 1. The van der Waals surface area contributed by atoms with Crippen LogP contribution >= 0.6 is 11.6 Å². The van der Waals surface area contributed by atoms with Crippen LogP contribution in [0.4, 0.5) is 5.82 Å². The molecule has 0 aromatic carbocycles.